The molecule has 6 atom stereocenters. The van der Waals surface area contributed by atoms with Gasteiger partial charge in [-0.3, -0.25) is 8.92 Å². The number of aliphatic hydroxyl groups is 1. The van der Waals surface area contributed by atoms with Crippen molar-refractivity contribution in [3.63, 3.8) is 0 Å². The molecule has 182 valence electrons. The monoisotopic (exact) mass is 533 g/mol. The molecule has 21 heteroatoms. The van der Waals surface area contributed by atoms with Crippen LogP contribution < -0.4 is 5.73 Å². The Kier molecular flexibility index (Phi) is 6.84. The van der Waals surface area contributed by atoms with Crippen molar-refractivity contribution in [1.82, 2.24) is 14.4 Å². The maximum atomic E-state index is 15.0. The lowest BCUT2D eigenvalue weighted by Crippen LogP contribution is -2.36. The molecule has 0 aromatic carbocycles. The van der Waals surface area contributed by atoms with Crippen molar-refractivity contribution in [2.24, 2.45) is 0 Å². The number of fused-ring (bicyclic) bond motifs is 1. The fourth-order valence-corrected chi connectivity index (χ4v) is 5.96. The average molecular weight is 533 g/mol. The molecule has 33 heavy (non-hydrogen) atoms. The molecule has 0 amide bonds. The van der Waals surface area contributed by atoms with Gasteiger partial charge >= 0.3 is 23.5 Å². The average Bonchev–Trinajstić information content (AvgIpc) is 3.20. The van der Waals surface area contributed by atoms with Gasteiger partial charge in [-0.2, -0.15) is 13.9 Å². The first-order chi connectivity index (χ1) is 15.1. The molecule has 17 nitrogen and oxygen atoms in total. The van der Waals surface area contributed by atoms with Gasteiger partial charge in [0.2, 0.25) is 11.5 Å². The van der Waals surface area contributed by atoms with E-state index in [9.17, 15) is 33.3 Å². The summed E-state index contributed by atoms with van der Waals surface area (Å²) in [7, 11) is -17.0. The van der Waals surface area contributed by atoms with Crippen molar-refractivity contribution in [2.45, 2.75) is 24.0 Å². The van der Waals surface area contributed by atoms with Crippen LogP contribution in [0.25, 0.3) is 5.65 Å². The third-order valence-corrected chi connectivity index (χ3v) is 8.05. The molecule has 1 fully saturated rings. The molecule has 3 rings (SSSR count). The van der Waals surface area contributed by atoms with E-state index < -0.39 is 54.1 Å². The standard InChI is InChI=1S/C12H15FN5O12P3/c13-10-9(19)7(3-27-32(23,24)30-33(25,26)29-31(20,21)22)28-12(10,4-14)6-1-8-16-5-17-11(15)18(8)2-6/h1-2,5,7,9-10,19H,3H2,(H,23,24)(H,25,26)(H2,15,16,17)(H2,20,21,22)/t7-,9-,10-,12+/m1/s1. The Bertz CT molecular complexity index is 1250. The highest BCUT2D eigenvalue weighted by molar-refractivity contribution is 7.66. The lowest BCUT2D eigenvalue weighted by Gasteiger charge is -2.22. The lowest BCUT2D eigenvalue weighted by atomic mass is 9.91. The molecule has 0 spiro atoms. The number of nitrogen functional groups attached to an aromatic ring is 1. The normalized spacial score (nSPS) is 29.4. The second-order valence-electron chi connectivity index (χ2n) is 6.47. The maximum Gasteiger partial charge on any atom is 0.490 e. The van der Waals surface area contributed by atoms with Gasteiger partial charge in [-0.25, -0.2) is 28.1 Å². The van der Waals surface area contributed by atoms with E-state index in [4.69, 9.17) is 25.2 Å². The Morgan fingerprint density at radius 2 is 1.91 bits per heavy atom. The van der Waals surface area contributed by atoms with Crippen LogP contribution in [0.1, 0.15) is 5.56 Å². The molecular formula is C12H15FN5O12P3. The van der Waals surface area contributed by atoms with Crippen molar-refractivity contribution in [3.8, 4) is 6.07 Å². The summed E-state index contributed by atoms with van der Waals surface area (Å²) >= 11 is 0. The number of alkyl halides is 1. The highest BCUT2D eigenvalue weighted by Gasteiger charge is 2.58. The number of anilines is 1. The summed E-state index contributed by atoms with van der Waals surface area (Å²) in [6, 6.07) is 2.80. The number of nitriles is 1. The highest BCUT2D eigenvalue weighted by Crippen LogP contribution is 2.66. The van der Waals surface area contributed by atoms with Gasteiger partial charge in [0, 0.05) is 11.8 Å². The van der Waals surface area contributed by atoms with Gasteiger partial charge in [-0.05, 0) is 6.07 Å². The van der Waals surface area contributed by atoms with Crippen LogP contribution in [0.2, 0.25) is 0 Å². The van der Waals surface area contributed by atoms with Crippen LogP contribution in [-0.2, 0) is 37.2 Å². The first kappa shape index (κ1) is 25.8. The molecule has 0 radical (unpaired) electrons. The Morgan fingerprint density at radius 3 is 2.48 bits per heavy atom. The molecule has 1 aliphatic rings. The van der Waals surface area contributed by atoms with Crippen LogP contribution in [0.15, 0.2) is 18.6 Å². The molecule has 0 bridgehead atoms. The Balaban J connectivity index is 1.78. The SMILES string of the molecule is N#C[C@@]1(c2cc3ncnc(N)n3c2)O[C@H](COP(=O)(O)OP(=O)(O)OP(=O)(O)O)[C@@H](O)[C@H]1F. The highest BCUT2D eigenvalue weighted by atomic mass is 31.3. The summed E-state index contributed by atoms with van der Waals surface area (Å²) in [5, 5.41) is 19.8. The third kappa shape index (κ3) is 5.47. The van der Waals surface area contributed by atoms with Gasteiger partial charge in [-0.1, -0.05) is 0 Å². The zero-order valence-corrected chi connectivity index (χ0v) is 18.5. The smallest absolute Gasteiger partial charge is 0.387 e. The van der Waals surface area contributed by atoms with Crippen molar-refractivity contribution in [2.75, 3.05) is 12.3 Å². The number of aromatic nitrogens is 3. The van der Waals surface area contributed by atoms with E-state index >= 15 is 0 Å². The molecule has 0 saturated carbocycles. The molecule has 7 N–H and O–H groups in total. The number of aliphatic hydroxyl groups excluding tert-OH is 1. The van der Waals surface area contributed by atoms with Crippen molar-refractivity contribution >= 4 is 35.1 Å². The number of phosphoric ester groups is 1. The minimum Gasteiger partial charge on any atom is -0.387 e. The minimum atomic E-state index is -5.78. The fraction of sp³-hybridized carbons (Fsp3) is 0.417. The molecule has 0 aliphatic carbocycles. The third-order valence-electron chi connectivity index (χ3n) is 4.25. The number of nitrogens with zero attached hydrogens (tertiary/aromatic N) is 4. The second kappa shape index (κ2) is 8.75. The van der Waals surface area contributed by atoms with Crippen LogP contribution in [-0.4, -0.2) is 64.0 Å². The van der Waals surface area contributed by atoms with Crippen LogP contribution in [0.3, 0.4) is 0 Å². The molecule has 1 saturated heterocycles. The van der Waals surface area contributed by atoms with Crippen LogP contribution >= 0.6 is 23.5 Å². The first-order valence-electron chi connectivity index (χ1n) is 8.38. The van der Waals surface area contributed by atoms with E-state index in [1.54, 1.807) is 6.07 Å². The van der Waals surface area contributed by atoms with Gasteiger partial charge in [0.15, 0.2) is 6.17 Å². The van der Waals surface area contributed by atoms with Crippen molar-refractivity contribution < 1.29 is 60.6 Å². The summed E-state index contributed by atoms with van der Waals surface area (Å²) in [5.41, 5.74) is 3.26. The summed E-state index contributed by atoms with van der Waals surface area (Å²) in [6.45, 7) is -1.16. The Morgan fingerprint density at radius 1 is 1.24 bits per heavy atom. The lowest BCUT2D eigenvalue weighted by molar-refractivity contribution is -0.0530. The zero-order valence-electron chi connectivity index (χ0n) is 15.9. The Labute approximate surface area is 182 Å². The van der Waals surface area contributed by atoms with Crippen molar-refractivity contribution in [3.05, 3.63) is 24.2 Å². The largest absolute Gasteiger partial charge is 0.490 e. The van der Waals surface area contributed by atoms with Gasteiger partial charge in [0.1, 0.15) is 30.3 Å². The summed E-state index contributed by atoms with van der Waals surface area (Å²) in [5.74, 6) is -0.0579. The molecule has 2 aromatic rings. The molecule has 3 heterocycles. The maximum absolute atomic E-state index is 15.0. The molecule has 2 aromatic heterocycles. The number of nitrogens with two attached hydrogens (primary N) is 1. The van der Waals surface area contributed by atoms with Crippen LogP contribution in [0.4, 0.5) is 10.3 Å². The number of rotatable bonds is 8. The number of hydrogen-bond acceptors (Lipinski definition) is 12. The Hall–Kier alpha value is -1.83. The summed E-state index contributed by atoms with van der Waals surface area (Å²) < 4.78 is 66.7. The summed E-state index contributed by atoms with van der Waals surface area (Å²) in [6.07, 6.45) is -4.00. The van der Waals surface area contributed by atoms with Crippen LogP contribution in [0, 0.1) is 11.3 Å². The van der Waals surface area contributed by atoms with E-state index in [2.05, 4.69) is 23.1 Å². The van der Waals surface area contributed by atoms with E-state index in [-0.39, 0.29) is 17.2 Å². The van der Waals surface area contributed by atoms with E-state index in [1.165, 1.54) is 16.7 Å². The molecule has 2 unspecified atom stereocenters. The van der Waals surface area contributed by atoms with E-state index in [1.807, 2.05) is 0 Å². The van der Waals surface area contributed by atoms with Gasteiger partial charge in [0.25, 0.3) is 0 Å². The second-order valence-corrected chi connectivity index (χ2v) is 10.9. The zero-order chi connectivity index (χ0) is 24.8. The molecule has 1 aliphatic heterocycles. The quantitative estimate of drug-likeness (QED) is 0.233. The van der Waals surface area contributed by atoms with E-state index in [0.29, 0.717) is 0 Å². The fourth-order valence-electron chi connectivity index (χ4n) is 2.93. The predicted octanol–water partition coefficient (Wildman–Crippen LogP) is -0.529. The molecular weight excluding hydrogens is 518 g/mol. The summed E-state index contributed by atoms with van der Waals surface area (Å²) in [4.78, 5) is 43.2. The number of halogens is 1. The van der Waals surface area contributed by atoms with Gasteiger partial charge < -0.3 is 35.2 Å². The van der Waals surface area contributed by atoms with Gasteiger partial charge in [0.05, 0.1) is 6.61 Å². The number of hydrogen-bond donors (Lipinski definition) is 6. The predicted molar refractivity (Wildman–Crippen MR) is 100 cm³/mol. The van der Waals surface area contributed by atoms with E-state index in [0.717, 1.165) is 6.33 Å². The van der Waals surface area contributed by atoms with Gasteiger partial charge in [-0.15, -0.1) is 0 Å². The topological polar surface area (TPSA) is 269 Å². The minimum absolute atomic E-state index is 0.0579. The van der Waals surface area contributed by atoms with Crippen molar-refractivity contribution in [1.29, 1.82) is 5.26 Å². The number of phosphoric acid groups is 3. The van der Waals surface area contributed by atoms with Crippen LogP contribution in [0.5, 0.6) is 0 Å². The first-order valence-corrected chi connectivity index (χ1v) is 12.9. The number of ether oxygens (including phenoxy) is 1.